The summed E-state index contributed by atoms with van der Waals surface area (Å²) >= 11 is 0. The fourth-order valence-corrected chi connectivity index (χ4v) is 8.72. The minimum atomic E-state index is -0.804. The van der Waals surface area contributed by atoms with E-state index in [0.717, 1.165) is 77.0 Å². The summed E-state index contributed by atoms with van der Waals surface area (Å²) in [5.74, 6) is -0.956. The summed E-state index contributed by atoms with van der Waals surface area (Å²) in [6, 6.07) is 0. The number of esters is 3. The molecule has 0 N–H and O–H groups in total. The third-order valence-electron chi connectivity index (χ3n) is 13.4. The number of allylic oxidation sites excluding steroid dienone is 12. The molecule has 0 aromatic carbocycles. The van der Waals surface area contributed by atoms with E-state index < -0.39 is 6.10 Å². The number of rotatable bonds is 56. The van der Waals surface area contributed by atoms with Gasteiger partial charge in [-0.2, -0.15) is 0 Å². The van der Waals surface area contributed by atoms with E-state index in [2.05, 4.69) is 93.7 Å². The molecular weight excluding hydrogens is 889 g/mol. The van der Waals surface area contributed by atoms with Gasteiger partial charge in [-0.1, -0.05) is 254 Å². The second-order valence-corrected chi connectivity index (χ2v) is 20.6. The number of ether oxygens (including phenoxy) is 3. The highest BCUT2D eigenvalue weighted by molar-refractivity contribution is 5.71. The minimum absolute atomic E-state index is 0.0969. The molecule has 0 aromatic rings. The van der Waals surface area contributed by atoms with Gasteiger partial charge in [0.15, 0.2) is 6.10 Å². The average molecular weight is 1010 g/mol. The zero-order valence-corrected chi connectivity index (χ0v) is 47.7. The van der Waals surface area contributed by atoms with Gasteiger partial charge in [0.05, 0.1) is 0 Å². The van der Waals surface area contributed by atoms with Gasteiger partial charge in [0.25, 0.3) is 0 Å². The van der Waals surface area contributed by atoms with Crippen LogP contribution in [-0.2, 0) is 28.6 Å². The monoisotopic (exact) mass is 1000 g/mol. The lowest BCUT2D eigenvalue weighted by atomic mass is 10.1. The van der Waals surface area contributed by atoms with Crippen molar-refractivity contribution in [3.63, 3.8) is 0 Å². The highest BCUT2D eigenvalue weighted by Crippen LogP contribution is 2.15. The molecule has 0 heterocycles. The maximum Gasteiger partial charge on any atom is 0.306 e. The summed E-state index contributed by atoms with van der Waals surface area (Å²) < 4.78 is 16.9. The SMILES string of the molecule is CCCCC/C=C\C/C=C\C/C=C\C/C=C\CCCC(=O)OCC(COC(=O)CCCCCCCCC/C=C\CCCCCCCCCC)OC(=O)CCCCCCC/C=C\CCCCCCCCCCC. The second kappa shape index (κ2) is 60.4. The van der Waals surface area contributed by atoms with Crippen LogP contribution in [0.3, 0.4) is 0 Å². The Kier molecular flexibility index (Phi) is 57.8. The molecule has 0 aromatic heterocycles. The molecule has 0 fully saturated rings. The van der Waals surface area contributed by atoms with E-state index in [0.29, 0.717) is 19.3 Å². The maximum absolute atomic E-state index is 12.9. The van der Waals surface area contributed by atoms with Gasteiger partial charge in [0.1, 0.15) is 13.2 Å². The van der Waals surface area contributed by atoms with E-state index in [4.69, 9.17) is 14.2 Å². The molecule has 0 aliphatic rings. The molecule has 6 nitrogen and oxygen atoms in total. The van der Waals surface area contributed by atoms with Crippen molar-refractivity contribution in [1.29, 1.82) is 0 Å². The van der Waals surface area contributed by atoms with E-state index in [1.54, 1.807) is 0 Å². The van der Waals surface area contributed by atoms with Gasteiger partial charge in [-0.05, 0) is 109 Å². The smallest absolute Gasteiger partial charge is 0.306 e. The molecule has 0 aliphatic heterocycles. The Bertz CT molecular complexity index is 1340. The Labute approximate surface area is 446 Å². The molecule has 0 spiro atoms. The van der Waals surface area contributed by atoms with Gasteiger partial charge < -0.3 is 14.2 Å². The first-order chi connectivity index (χ1) is 35.5. The fourth-order valence-electron chi connectivity index (χ4n) is 8.72. The highest BCUT2D eigenvalue weighted by atomic mass is 16.6. The van der Waals surface area contributed by atoms with E-state index in [-0.39, 0.29) is 37.5 Å². The van der Waals surface area contributed by atoms with Crippen molar-refractivity contribution in [2.45, 2.75) is 316 Å². The van der Waals surface area contributed by atoms with E-state index >= 15 is 0 Å². The molecule has 0 radical (unpaired) electrons. The maximum atomic E-state index is 12.9. The van der Waals surface area contributed by atoms with Crippen molar-refractivity contribution in [3.8, 4) is 0 Å². The van der Waals surface area contributed by atoms with Crippen LogP contribution in [0.1, 0.15) is 310 Å². The molecular formula is C66H116O6. The van der Waals surface area contributed by atoms with Crippen molar-refractivity contribution >= 4 is 17.9 Å². The molecule has 1 unspecified atom stereocenters. The van der Waals surface area contributed by atoms with Gasteiger partial charge in [-0.25, -0.2) is 0 Å². The lowest BCUT2D eigenvalue weighted by Crippen LogP contribution is -2.30. The summed E-state index contributed by atoms with van der Waals surface area (Å²) in [5.41, 5.74) is 0. The third kappa shape index (κ3) is 57.7. The Morgan fingerprint density at radius 1 is 0.278 bits per heavy atom. The lowest BCUT2D eigenvalue weighted by Gasteiger charge is -2.18. The number of carbonyl (C=O) groups is 3. The van der Waals surface area contributed by atoms with Crippen molar-refractivity contribution in [1.82, 2.24) is 0 Å². The first-order valence-electron chi connectivity index (χ1n) is 30.9. The van der Waals surface area contributed by atoms with Gasteiger partial charge in [0.2, 0.25) is 0 Å². The van der Waals surface area contributed by atoms with Crippen molar-refractivity contribution in [2.75, 3.05) is 13.2 Å². The van der Waals surface area contributed by atoms with Crippen LogP contribution in [0.25, 0.3) is 0 Å². The molecule has 1 atom stereocenters. The van der Waals surface area contributed by atoms with Crippen molar-refractivity contribution in [2.24, 2.45) is 0 Å². The summed E-state index contributed by atoms with van der Waals surface area (Å²) in [6.07, 6.45) is 77.6. The normalized spacial score (nSPS) is 12.5. The van der Waals surface area contributed by atoms with E-state index in [9.17, 15) is 14.4 Å². The number of unbranched alkanes of at least 4 members (excludes halogenated alkanes) is 33. The molecule has 0 bridgehead atoms. The van der Waals surface area contributed by atoms with Gasteiger partial charge >= 0.3 is 17.9 Å². The van der Waals surface area contributed by atoms with Gasteiger partial charge in [-0.15, -0.1) is 0 Å². The Morgan fingerprint density at radius 3 is 0.875 bits per heavy atom. The zero-order chi connectivity index (χ0) is 52.2. The molecule has 0 amide bonds. The zero-order valence-electron chi connectivity index (χ0n) is 47.7. The predicted molar refractivity (Wildman–Crippen MR) is 311 cm³/mol. The Balaban J connectivity index is 4.46. The van der Waals surface area contributed by atoms with E-state index in [1.165, 1.54) is 186 Å². The van der Waals surface area contributed by atoms with Crippen LogP contribution in [0.2, 0.25) is 0 Å². The average Bonchev–Trinajstić information content (AvgIpc) is 3.38. The van der Waals surface area contributed by atoms with E-state index in [1.807, 2.05) is 0 Å². The van der Waals surface area contributed by atoms with Crippen LogP contribution in [0.15, 0.2) is 72.9 Å². The fraction of sp³-hybridized carbons (Fsp3) is 0.773. The van der Waals surface area contributed by atoms with Crippen LogP contribution in [0.4, 0.5) is 0 Å². The van der Waals surface area contributed by atoms with Crippen molar-refractivity contribution < 1.29 is 28.6 Å². The molecule has 0 saturated heterocycles. The molecule has 416 valence electrons. The quantitative estimate of drug-likeness (QED) is 0.0261. The van der Waals surface area contributed by atoms with Crippen LogP contribution >= 0.6 is 0 Å². The van der Waals surface area contributed by atoms with Gasteiger partial charge in [0, 0.05) is 19.3 Å². The largest absolute Gasteiger partial charge is 0.462 e. The first-order valence-corrected chi connectivity index (χ1v) is 30.9. The second-order valence-electron chi connectivity index (χ2n) is 20.6. The van der Waals surface area contributed by atoms with Crippen LogP contribution in [0, 0.1) is 0 Å². The number of hydrogen-bond donors (Lipinski definition) is 0. The number of hydrogen-bond acceptors (Lipinski definition) is 6. The Morgan fingerprint density at radius 2 is 0.514 bits per heavy atom. The summed E-state index contributed by atoms with van der Waals surface area (Å²) in [5, 5.41) is 0. The summed E-state index contributed by atoms with van der Waals surface area (Å²) in [7, 11) is 0. The van der Waals surface area contributed by atoms with Crippen LogP contribution < -0.4 is 0 Å². The predicted octanol–water partition coefficient (Wildman–Crippen LogP) is 20.9. The van der Waals surface area contributed by atoms with Crippen LogP contribution in [-0.4, -0.2) is 37.2 Å². The lowest BCUT2D eigenvalue weighted by molar-refractivity contribution is -0.167. The molecule has 72 heavy (non-hydrogen) atoms. The standard InChI is InChI=1S/C66H116O6/c1-4-7-10-13-16-19-22-25-28-31-33-36-38-41-44-47-50-53-56-59-65(68)71-62-63(61-70-64(67)58-55-52-49-46-43-40-37-34-30-27-24-21-18-15-12-9-6-3)72-66(69)60-57-54-51-48-45-42-39-35-32-29-26-23-20-17-14-11-8-5-2/h18,21,27,30-31,33,35,37,39-40,46,49,63H,4-17,19-20,22-26,28-29,32,34,36,38,41-45,47-48,50-62H2,1-3H3/b21-18-,30-27-,33-31-,39-35-,40-37-,49-46-. The summed E-state index contributed by atoms with van der Waals surface area (Å²) in [4.78, 5) is 38.2. The molecule has 6 heteroatoms. The molecule has 0 rings (SSSR count). The third-order valence-corrected chi connectivity index (χ3v) is 13.4. The van der Waals surface area contributed by atoms with Crippen molar-refractivity contribution in [3.05, 3.63) is 72.9 Å². The minimum Gasteiger partial charge on any atom is -0.462 e. The highest BCUT2D eigenvalue weighted by Gasteiger charge is 2.19. The molecule has 0 saturated carbocycles. The first kappa shape index (κ1) is 68.8. The van der Waals surface area contributed by atoms with Crippen LogP contribution in [0.5, 0.6) is 0 Å². The Hall–Kier alpha value is -3.15. The van der Waals surface area contributed by atoms with Gasteiger partial charge in [-0.3, -0.25) is 14.4 Å². The molecule has 0 aliphatic carbocycles. The topological polar surface area (TPSA) is 78.9 Å². The summed E-state index contributed by atoms with van der Waals surface area (Å²) in [6.45, 7) is 6.59. The number of carbonyl (C=O) groups excluding carboxylic acids is 3.